The first-order valence-corrected chi connectivity index (χ1v) is 8.25. The fourth-order valence-electron chi connectivity index (χ4n) is 1.62. The van der Waals surface area contributed by atoms with Crippen LogP contribution < -0.4 is 10.1 Å². The van der Waals surface area contributed by atoms with Gasteiger partial charge in [0.2, 0.25) is 5.88 Å². The van der Waals surface area contributed by atoms with Crippen molar-refractivity contribution in [3.8, 4) is 11.6 Å². The smallest absolute Gasteiger partial charge is 0.225 e. The summed E-state index contributed by atoms with van der Waals surface area (Å²) < 4.78 is 6.88. The highest BCUT2D eigenvalue weighted by Gasteiger charge is 2.06. The topological polar surface area (TPSA) is 47.0 Å². The van der Waals surface area contributed by atoms with Crippen molar-refractivity contribution in [2.45, 2.75) is 19.0 Å². The molecule has 6 heteroatoms. The van der Waals surface area contributed by atoms with Gasteiger partial charge in [0.05, 0.1) is 0 Å². The minimum atomic E-state index is 0.544. The highest BCUT2D eigenvalue weighted by Crippen LogP contribution is 2.27. The van der Waals surface area contributed by atoms with Crippen molar-refractivity contribution < 1.29 is 4.74 Å². The number of benzene rings is 1. The van der Waals surface area contributed by atoms with Crippen LogP contribution >= 0.6 is 27.7 Å². The lowest BCUT2D eigenvalue weighted by Crippen LogP contribution is -2.02. The Morgan fingerprint density at radius 3 is 2.75 bits per heavy atom. The van der Waals surface area contributed by atoms with E-state index in [0.717, 1.165) is 28.1 Å². The van der Waals surface area contributed by atoms with Crippen LogP contribution in [0.25, 0.3) is 0 Å². The van der Waals surface area contributed by atoms with E-state index < -0.39 is 0 Å². The average molecular weight is 354 g/mol. The Morgan fingerprint density at radius 1 is 1.30 bits per heavy atom. The maximum Gasteiger partial charge on any atom is 0.225 e. The van der Waals surface area contributed by atoms with Gasteiger partial charge in [-0.05, 0) is 43.9 Å². The molecular weight excluding hydrogens is 338 g/mol. The van der Waals surface area contributed by atoms with Gasteiger partial charge in [-0.15, -0.1) is 0 Å². The standard InChI is InChI=1S/C14H16BrN3OS/c1-4-16-12-8-13(18-14(17-12)20-3)19-10-5-6-11(15)9(2)7-10/h5-8H,4H2,1-3H3,(H,16,17,18). The normalized spacial score (nSPS) is 10.4. The number of aryl methyl sites for hydroxylation is 1. The molecule has 4 nitrogen and oxygen atoms in total. The first-order chi connectivity index (χ1) is 9.62. The lowest BCUT2D eigenvalue weighted by Gasteiger charge is -2.09. The second kappa shape index (κ2) is 6.95. The maximum atomic E-state index is 5.82. The van der Waals surface area contributed by atoms with Crippen molar-refractivity contribution in [2.24, 2.45) is 0 Å². The van der Waals surface area contributed by atoms with E-state index in [1.165, 1.54) is 11.8 Å². The summed E-state index contributed by atoms with van der Waals surface area (Å²) in [6.07, 6.45) is 1.94. The Balaban J connectivity index is 2.27. The zero-order chi connectivity index (χ0) is 14.5. The van der Waals surface area contributed by atoms with Crippen LogP contribution in [0.15, 0.2) is 33.9 Å². The summed E-state index contributed by atoms with van der Waals surface area (Å²) in [4.78, 5) is 8.73. The van der Waals surface area contributed by atoms with Gasteiger partial charge in [0.25, 0.3) is 0 Å². The predicted octanol–water partition coefficient (Wildman–Crippen LogP) is 4.49. The summed E-state index contributed by atoms with van der Waals surface area (Å²) in [5.41, 5.74) is 1.12. The van der Waals surface area contributed by atoms with Crippen LogP contribution in [0, 0.1) is 6.92 Å². The number of ether oxygens (including phenoxy) is 1. The van der Waals surface area contributed by atoms with Crippen LogP contribution in [-0.4, -0.2) is 22.8 Å². The molecule has 0 radical (unpaired) electrons. The van der Waals surface area contributed by atoms with Crippen LogP contribution in [0.2, 0.25) is 0 Å². The van der Waals surface area contributed by atoms with Gasteiger partial charge in [-0.25, -0.2) is 4.98 Å². The number of halogens is 1. The van der Waals surface area contributed by atoms with Crippen molar-refractivity contribution in [3.63, 3.8) is 0 Å². The summed E-state index contributed by atoms with van der Waals surface area (Å²) in [7, 11) is 0. The molecule has 1 N–H and O–H groups in total. The summed E-state index contributed by atoms with van der Waals surface area (Å²) in [5.74, 6) is 2.08. The number of nitrogens with zero attached hydrogens (tertiary/aromatic N) is 2. The van der Waals surface area contributed by atoms with Gasteiger partial charge < -0.3 is 10.1 Å². The molecule has 106 valence electrons. The van der Waals surface area contributed by atoms with Crippen molar-refractivity contribution in [3.05, 3.63) is 34.3 Å². The molecule has 0 saturated carbocycles. The molecule has 0 bridgehead atoms. The van der Waals surface area contributed by atoms with Crippen LogP contribution in [0.4, 0.5) is 5.82 Å². The third kappa shape index (κ3) is 3.86. The first-order valence-electron chi connectivity index (χ1n) is 6.23. The Bertz CT molecular complexity index is 607. The number of hydrogen-bond donors (Lipinski definition) is 1. The van der Waals surface area contributed by atoms with E-state index in [1.54, 1.807) is 6.07 Å². The number of rotatable bonds is 5. The number of thioether (sulfide) groups is 1. The number of anilines is 1. The number of nitrogens with one attached hydrogen (secondary N) is 1. The molecule has 0 aliphatic carbocycles. The van der Waals surface area contributed by atoms with E-state index in [9.17, 15) is 0 Å². The molecule has 0 saturated heterocycles. The lowest BCUT2D eigenvalue weighted by atomic mass is 10.2. The molecule has 1 aromatic heterocycles. The number of hydrogen-bond acceptors (Lipinski definition) is 5. The van der Waals surface area contributed by atoms with Crippen molar-refractivity contribution >= 4 is 33.5 Å². The second-order valence-electron chi connectivity index (χ2n) is 4.12. The van der Waals surface area contributed by atoms with E-state index in [4.69, 9.17) is 4.74 Å². The van der Waals surface area contributed by atoms with Gasteiger partial charge in [-0.1, -0.05) is 27.7 Å². The minimum absolute atomic E-state index is 0.544. The molecule has 0 aliphatic rings. The van der Waals surface area contributed by atoms with Gasteiger partial charge in [-0.3, -0.25) is 0 Å². The molecule has 2 rings (SSSR count). The highest BCUT2D eigenvalue weighted by atomic mass is 79.9. The SMILES string of the molecule is CCNc1cc(Oc2ccc(Br)c(C)c2)nc(SC)n1. The molecule has 0 aliphatic heterocycles. The molecule has 0 amide bonds. The lowest BCUT2D eigenvalue weighted by molar-refractivity contribution is 0.455. The van der Waals surface area contributed by atoms with Crippen molar-refractivity contribution in [1.29, 1.82) is 0 Å². The van der Waals surface area contributed by atoms with E-state index in [-0.39, 0.29) is 0 Å². The molecular formula is C14H16BrN3OS. The summed E-state index contributed by atoms with van der Waals surface area (Å²) in [6, 6.07) is 7.65. The second-order valence-corrected chi connectivity index (χ2v) is 5.75. The third-order valence-electron chi connectivity index (χ3n) is 2.57. The minimum Gasteiger partial charge on any atom is -0.439 e. The highest BCUT2D eigenvalue weighted by molar-refractivity contribution is 9.10. The maximum absolute atomic E-state index is 5.82. The van der Waals surface area contributed by atoms with E-state index in [2.05, 4.69) is 31.2 Å². The van der Waals surface area contributed by atoms with Crippen LogP contribution in [0.1, 0.15) is 12.5 Å². The monoisotopic (exact) mass is 353 g/mol. The largest absolute Gasteiger partial charge is 0.439 e. The Morgan fingerprint density at radius 2 is 2.10 bits per heavy atom. The zero-order valence-corrected chi connectivity index (χ0v) is 14.0. The summed E-state index contributed by atoms with van der Waals surface area (Å²) in [5, 5.41) is 3.86. The average Bonchev–Trinajstić information content (AvgIpc) is 2.43. The third-order valence-corrected chi connectivity index (χ3v) is 4.01. The molecule has 2 aromatic rings. The zero-order valence-electron chi connectivity index (χ0n) is 11.6. The Hall–Kier alpha value is -1.27. The first kappa shape index (κ1) is 15.1. The Kier molecular flexibility index (Phi) is 5.25. The fraction of sp³-hybridized carbons (Fsp3) is 0.286. The van der Waals surface area contributed by atoms with E-state index in [1.807, 2.05) is 38.3 Å². The van der Waals surface area contributed by atoms with Gasteiger partial charge in [0, 0.05) is 17.1 Å². The van der Waals surface area contributed by atoms with Gasteiger partial charge in [-0.2, -0.15) is 4.98 Å². The summed E-state index contributed by atoms with van der Waals surface area (Å²) >= 11 is 4.96. The summed E-state index contributed by atoms with van der Waals surface area (Å²) in [6.45, 7) is 4.86. The Labute approximate surface area is 131 Å². The van der Waals surface area contributed by atoms with Crippen LogP contribution in [0.3, 0.4) is 0 Å². The van der Waals surface area contributed by atoms with Crippen LogP contribution in [-0.2, 0) is 0 Å². The molecule has 20 heavy (non-hydrogen) atoms. The van der Waals surface area contributed by atoms with Gasteiger partial charge in [0.1, 0.15) is 11.6 Å². The van der Waals surface area contributed by atoms with Crippen molar-refractivity contribution in [1.82, 2.24) is 9.97 Å². The van der Waals surface area contributed by atoms with Crippen molar-refractivity contribution in [2.75, 3.05) is 18.1 Å². The van der Waals surface area contributed by atoms with Gasteiger partial charge in [0.15, 0.2) is 5.16 Å². The molecule has 0 fully saturated rings. The molecule has 0 spiro atoms. The molecule has 0 atom stereocenters. The van der Waals surface area contributed by atoms with Gasteiger partial charge >= 0.3 is 0 Å². The fourth-order valence-corrected chi connectivity index (χ4v) is 2.24. The van der Waals surface area contributed by atoms with E-state index >= 15 is 0 Å². The molecule has 0 unspecified atom stereocenters. The van der Waals surface area contributed by atoms with Crippen LogP contribution in [0.5, 0.6) is 11.6 Å². The quantitative estimate of drug-likeness (QED) is 0.633. The predicted molar refractivity (Wildman–Crippen MR) is 86.9 cm³/mol. The van der Waals surface area contributed by atoms with E-state index in [0.29, 0.717) is 11.0 Å². The number of aromatic nitrogens is 2. The molecule has 1 aromatic carbocycles. The molecule has 1 heterocycles.